The molecule has 2 aromatic heterocycles. The molecule has 1 fully saturated rings. The molecular weight excluding hydrogens is 320 g/mol. The van der Waals surface area contributed by atoms with Gasteiger partial charge in [-0.05, 0) is 5.92 Å². The molecule has 1 saturated carbocycles. The third kappa shape index (κ3) is 3.33. The van der Waals surface area contributed by atoms with Crippen molar-refractivity contribution in [2.45, 2.75) is 20.0 Å². The van der Waals surface area contributed by atoms with Crippen molar-refractivity contribution in [2.75, 3.05) is 0 Å². The number of thiazole rings is 2. The molecule has 0 unspecified atom stereocenters. The first-order valence-corrected chi connectivity index (χ1v) is 8.75. The van der Waals surface area contributed by atoms with Gasteiger partial charge in [-0.1, -0.05) is 6.92 Å². The highest BCUT2D eigenvalue weighted by molar-refractivity contribution is 7.09. The van der Waals surface area contributed by atoms with Gasteiger partial charge in [-0.15, -0.1) is 22.7 Å². The number of nitrogens with one attached hydrogen (secondary N) is 2. The Hall–Kier alpha value is -1.80. The number of carbonyl (C=O) groups is 2. The van der Waals surface area contributed by atoms with Crippen molar-refractivity contribution in [3.8, 4) is 0 Å². The number of hydrogen-bond donors (Lipinski definition) is 2. The summed E-state index contributed by atoms with van der Waals surface area (Å²) in [6.45, 7) is 2.78. The molecule has 0 aliphatic heterocycles. The van der Waals surface area contributed by atoms with Crippen LogP contribution in [0.2, 0.25) is 0 Å². The molecule has 22 heavy (non-hydrogen) atoms. The highest BCUT2D eigenvalue weighted by Crippen LogP contribution is 2.46. The summed E-state index contributed by atoms with van der Waals surface area (Å²) >= 11 is 3.00. The van der Waals surface area contributed by atoms with Crippen LogP contribution < -0.4 is 10.6 Å². The van der Waals surface area contributed by atoms with Crippen molar-refractivity contribution in [1.29, 1.82) is 0 Å². The van der Waals surface area contributed by atoms with E-state index in [-0.39, 0.29) is 29.6 Å². The Morgan fingerprint density at radius 2 is 1.45 bits per heavy atom. The van der Waals surface area contributed by atoms with Gasteiger partial charge in [0, 0.05) is 23.2 Å². The first-order valence-electron chi connectivity index (χ1n) is 6.99. The Morgan fingerprint density at radius 1 is 1.00 bits per heavy atom. The Morgan fingerprint density at radius 3 is 1.82 bits per heavy atom. The summed E-state index contributed by atoms with van der Waals surface area (Å²) in [5.41, 5.74) is 0. The summed E-state index contributed by atoms with van der Waals surface area (Å²) in [7, 11) is 0. The Labute approximate surface area is 136 Å². The molecule has 0 aromatic carbocycles. The summed E-state index contributed by atoms with van der Waals surface area (Å²) in [6, 6.07) is 0. The molecule has 2 aromatic rings. The van der Waals surface area contributed by atoms with Gasteiger partial charge in [0.05, 0.1) is 24.9 Å². The lowest BCUT2D eigenvalue weighted by Crippen LogP contribution is -2.29. The number of aromatic nitrogens is 2. The first kappa shape index (κ1) is 15.1. The zero-order valence-electron chi connectivity index (χ0n) is 12.0. The molecule has 2 N–H and O–H groups in total. The molecule has 8 heteroatoms. The van der Waals surface area contributed by atoms with Crippen molar-refractivity contribution in [3.63, 3.8) is 0 Å². The average Bonchev–Trinajstić information content (AvgIpc) is 2.98. The normalized spacial score (nSPS) is 23.0. The third-order valence-corrected chi connectivity index (χ3v) is 5.34. The standard InChI is InChI=1S/C14H16N4O2S2/c1-8-11(13(19)17-6-9-15-2-4-21-9)12(8)14(20)18-7-10-16-3-5-22-10/h2-5,8,11-12H,6-7H2,1H3,(H,17,19)(H,18,20)/t11-,12-/m0/s1. The van der Waals surface area contributed by atoms with Crippen molar-refractivity contribution < 1.29 is 9.59 Å². The van der Waals surface area contributed by atoms with Gasteiger partial charge in [-0.25, -0.2) is 9.97 Å². The van der Waals surface area contributed by atoms with Gasteiger partial charge in [0.2, 0.25) is 11.8 Å². The van der Waals surface area contributed by atoms with Crippen molar-refractivity contribution in [3.05, 3.63) is 33.2 Å². The highest BCUT2D eigenvalue weighted by atomic mass is 32.1. The fourth-order valence-electron chi connectivity index (χ4n) is 2.51. The lowest BCUT2D eigenvalue weighted by Gasteiger charge is -2.03. The number of amides is 2. The lowest BCUT2D eigenvalue weighted by atomic mass is 10.3. The second-order valence-corrected chi connectivity index (χ2v) is 7.16. The molecule has 0 saturated heterocycles. The van der Waals surface area contributed by atoms with Gasteiger partial charge < -0.3 is 10.6 Å². The molecule has 1 aliphatic carbocycles. The molecule has 2 heterocycles. The van der Waals surface area contributed by atoms with Crippen LogP contribution in [0.4, 0.5) is 0 Å². The molecule has 0 spiro atoms. The van der Waals surface area contributed by atoms with Crippen molar-refractivity contribution in [2.24, 2.45) is 17.8 Å². The molecule has 3 rings (SSSR count). The zero-order valence-corrected chi connectivity index (χ0v) is 13.6. The lowest BCUT2D eigenvalue weighted by molar-refractivity contribution is -0.127. The maximum Gasteiger partial charge on any atom is 0.224 e. The summed E-state index contributed by atoms with van der Waals surface area (Å²) in [4.78, 5) is 32.5. The second kappa shape index (κ2) is 6.53. The van der Waals surface area contributed by atoms with E-state index in [0.717, 1.165) is 10.0 Å². The topological polar surface area (TPSA) is 84.0 Å². The molecule has 6 nitrogen and oxygen atoms in total. The molecular formula is C14H16N4O2S2. The van der Waals surface area contributed by atoms with E-state index in [1.54, 1.807) is 12.4 Å². The number of hydrogen-bond acceptors (Lipinski definition) is 6. The smallest absolute Gasteiger partial charge is 0.224 e. The second-order valence-electron chi connectivity index (χ2n) is 5.20. The van der Waals surface area contributed by atoms with Crippen LogP contribution in [0.1, 0.15) is 16.9 Å². The molecule has 1 aliphatic rings. The van der Waals surface area contributed by atoms with E-state index in [4.69, 9.17) is 0 Å². The Kier molecular flexibility index (Phi) is 4.49. The van der Waals surface area contributed by atoms with Crippen molar-refractivity contribution >= 4 is 34.5 Å². The van der Waals surface area contributed by atoms with E-state index in [2.05, 4.69) is 20.6 Å². The van der Waals surface area contributed by atoms with Gasteiger partial charge in [0.25, 0.3) is 0 Å². The molecule has 2 atom stereocenters. The van der Waals surface area contributed by atoms with Crippen LogP contribution in [0.3, 0.4) is 0 Å². The molecule has 0 radical (unpaired) electrons. The minimum atomic E-state index is -0.240. The van der Waals surface area contributed by atoms with Gasteiger partial charge >= 0.3 is 0 Å². The van der Waals surface area contributed by atoms with Crippen LogP contribution in [-0.2, 0) is 22.7 Å². The number of rotatable bonds is 6. The minimum Gasteiger partial charge on any atom is -0.349 e. The van der Waals surface area contributed by atoms with E-state index in [1.807, 2.05) is 17.7 Å². The van der Waals surface area contributed by atoms with Crippen molar-refractivity contribution in [1.82, 2.24) is 20.6 Å². The quantitative estimate of drug-likeness (QED) is 0.835. The van der Waals surface area contributed by atoms with Crippen LogP contribution in [-0.4, -0.2) is 21.8 Å². The van der Waals surface area contributed by atoms with Crippen LogP contribution in [0.25, 0.3) is 0 Å². The number of carbonyl (C=O) groups excluding carboxylic acids is 2. The summed E-state index contributed by atoms with van der Waals surface area (Å²) < 4.78 is 0. The molecule has 0 bridgehead atoms. The van der Waals surface area contributed by atoms with Gasteiger partial charge in [0.15, 0.2) is 0 Å². The van der Waals surface area contributed by atoms with Crippen LogP contribution in [0, 0.1) is 17.8 Å². The maximum atomic E-state index is 12.1. The summed E-state index contributed by atoms with van der Waals surface area (Å²) in [6.07, 6.45) is 3.42. The monoisotopic (exact) mass is 336 g/mol. The average molecular weight is 336 g/mol. The van der Waals surface area contributed by atoms with Crippen LogP contribution >= 0.6 is 22.7 Å². The first-order chi connectivity index (χ1) is 10.7. The fraction of sp³-hybridized carbons (Fsp3) is 0.429. The SMILES string of the molecule is CC1[C@H](C(=O)NCc2nccs2)[C@H]1C(=O)NCc1nccs1. The predicted molar refractivity (Wildman–Crippen MR) is 84.1 cm³/mol. The fourth-order valence-corrected chi connectivity index (χ4v) is 3.62. The van der Waals surface area contributed by atoms with E-state index in [0.29, 0.717) is 13.1 Å². The Balaban J connectivity index is 1.46. The highest BCUT2D eigenvalue weighted by Gasteiger charge is 2.55. The largest absolute Gasteiger partial charge is 0.349 e. The summed E-state index contributed by atoms with van der Waals surface area (Å²) in [5.74, 6) is -0.547. The molecule has 116 valence electrons. The van der Waals surface area contributed by atoms with E-state index in [1.165, 1.54) is 22.7 Å². The summed E-state index contributed by atoms with van der Waals surface area (Å²) in [5, 5.41) is 11.2. The molecule has 2 amide bonds. The van der Waals surface area contributed by atoms with Gasteiger partial charge in [-0.2, -0.15) is 0 Å². The van der Waals surface area contributed by atoms with E-state index >= 15 is 0 Å². The Bertz CT molecular complexity index is 586. The van der Waals surface area contributed by atoms with Gasteiger partial charge in [0.1, 0.15) is 10.0 Å². The minimum absolute atomic E-state index is 0.0721. The number of nitrogens with zero attached hydrogens (tertiary/aromatic N) is 2. The zero-order chi connectivity index (χ0) is 15.5. The maximum absolute atomic E-state index is 12.1. The van der Waals surface area contributed by atoms with E-state index < -0.39 is 0 Å². The van der Waals surface area contributed by atoms with E-state index in [9.17, 15) is 9.59 Å². The van der Waals surface area contributed by atoms with Crippen LogP contribution in [0.5, 0.6) is 0 Å². The van der Waals surface area contributed by atoms with Crippen LogP contribution in [0.15, 0.2) is 23.2 Å². The predicted octanol–water partition coefficient (Wildman–Crippen LogP) is 1.41. The van der Waals surface area contributed by atoms with Gasteiger partial charge in [-0.3, -0.25) is 9.59 Å². The third-order valence-electron chi connectivity index (χ3n) is 3.78.